The molecular formula is C10H11BrN4O. The van der Waals surface area contributed by atoms with Gasteiger partial charge in [-0.3, -0.25) is 9.48 Å². The van der Waals surface area contributed by atoms with Gasteiger partial charge in [0.1, 0.15) is 0 Å². The first-order valence-corrected chi connectivity index (χ1v) is 5.48. The van der Waals surface area contributed by atoms with Gasteiger partial charge in [-0.2, -0.15) is 5.10 Å². The van der Waals surface area contributed by atoms with Gasteiger partial charge in [0.05, 0.1) is 17.2 Å². The van der Waals surface area contributed by atoms with Gasteiger partial charge in [0.2, 0.25) is 0 Å². The number of hydrogen-bond donors (Lipinski definition) is 1. The van der Waals surface area contributed by atoms with Crippen LogP contribution in [0.25, 0.3) is 0 Å². The lowest BCUT2D eigenvalue weighted by atomic mass is 10.3. The Labute approximate surface area is 101 Å². The summed E-state index contributed by atoms with van der Waals surface area (Å²) in [5.41, 5.74) is 7.09. The number of aryl methyl sites for hydroxylation is 1. The van der Waals surface area contributed by atoms with Crippen LogP contribution in [-0.4, -0.2) is 14.3 Å². The second-order valence-electron chi connectivity index (χ2n) is 3.58. The fourth-order valence-corrected chi connectivity index (χ4v) is 1.98. The van der Waals surface area contributed by atoms with E-state index in [0.29, 0.717) is 16.7 Å². The lowest BCUT2D eigenvalue weighted by molar-refractivity contribution is 0.748. The fraction of sp³-hybridized carbons (Fsp3) is 0.200. The fourth-order valence-electron chi connectivity index (χ4n) is 1.49. The minimum atomic E-state index is -0.0990. The van der Waals surface area contributed by atoms with E-state index >= 15 is 0 Å². The molecule has 16 heavy (non-hydrogen) atoms. The highest BCUT2D eigenvalue weighted by atomic mass is 79.9. The highest BCUT2D eigenvalue weighted by Gasteiger charge is 2.04. The van der Waals surface area contributed by atoms with E-state index in [2.05, 4.69) is 21.0 Å². The smallest absolute Gasteiger partial charge is 0.265 e. The van der Waals surface area contributed by atoms with Gasteiger partial charge in [0.25, 0.3) is 5.56 Å². The molecule has 0 amide bonds. The van der Waals surface area contributed by atoms with Gasteiger partial charge in [-0.25, -0.2) is 0 Å². The molecule has 0 aliphatic carbocycles. The summed E-state index contributed by atoms with van der Waals surface area (Å²) in [5, 5.41) is 4.05. The molecule has 0 aliphatic heterocycles. The van der Waals surface area contributed by atoms with Gasteiger partial charge in [0.15, 0.2) is 0 Å². The number of pyridine rings is 1. The van der Waals surface area contributed by atoms with Gasteiger partial charge in [-0.1, -0.05) is 0 Å². The van der Waals surface area contributed by atoms with E-state index in [1.807, 2.05) is 13.2 Å². The molecule has 5 nitrogen and oxygen atoms in total. The molecule has 0 atom stereocenters. The number of anilines is 1. The number of rotatable bonds is 2. The van der Waals surface area contributed by atoms with Crippen LogP contribution in [0.1, 0.15) is 5.56 Å². The van der Waals surface area contributed by atoms with Crippen molar-refractivity contribution in [2.75, 3.05) is 5.73 Å². The molecule has 0 bridgehead atoms. The highest BCUT2D eigenvalue weighted by Crippen LogP contribution is 2.09. The molecule has 2 heterocycles. The third kappa shape index (κ3) is 2.16. The van der Waals surface area contributed by atoms with E-state index in [-0.39, 0.29) is 5.56 Å². The first-order chi connectivity index (χ1) is 7.56. The van der Waals surface area contributed by atoms with Crippen molar-refractivity contribution in [1.29, 1.82) is 0 Å². The summed E-state index contributed by atoms with van der Waals surface area (Å²) in [7, 11) is 1.83. The van der Waals surface area contributed by atoms with Gasteiger partial charge >= 0.3 is 0 Å². The maximum Gasteiger partial charge on any atom is 0.265 e. The average Bonchev–Trinajstić information content (AvgIpc) is 2.60. The van der Waals surface area contributed by atoms with Crippen molar-refractivity contribution in [1.82, 2.24) is 14.3 Å². The van der Waals surface area contributed by atoms with E-state index in [4.69, 9.17) is 5.73 Å². The molecule has 2 aromatic rings. The summed E-state index contributed by atoms with van der Waals surface area (Å²) in [4.78, 5) is 11.8. The summed E-state index contributed by atoms with van der Waals surface area (Å²) in [6, 6.07) is 1.60. The molecule has 2 aromatic heterocycles. The standard InChI is InChI=1S/C10H11BrN4O/c1-14-4-7(3-13-14)5-15-6-8(12)2-9(11)10(15)16/h2-4,6H,5,12H2,1H3. The van der Waals surface area contributed by atoms with Crippen molar-refractivity contribution < 1.29 is 0 Å². The summed E-state index contributed by atoms with van der Waals surface area (Å²) < 4.78 is 3.72. The largest absolute Gasteiger partial charge is 0.398 e. The number of hydrogen-bond acceptors (Lipinski definition) is 3. The Hall–Kier alpha value is -1.56. The molecule has 2 N–H and O–H groups in total. The van der Waals surface area contributed by atoms with Crippen LogP contribution in [-0.2, 0) is 13.6 Å². The molecule has 0 aliphatic rings. The Balaban J connectivity index is 2.38. The maximum absolute atomic E-state index is 11.8. The Morgan fingerprint density at radius 2 is 2.25 bits per heavy atom. The van der Waals surface area contributed by atoms with Crippen molar-refractivity contribution >= 4 is 21.6 Å². The molecule has 0 saturated heterocycles. The summed E-state index contributed by atoms with van der Waals surface area (Å²) in [6.07, 6.45) is 5.22. The van der Waals surface area contributed by atoms with Crippen LogP contribution >= 0.6 is 15.9 Å². The Morgan fingerprint density at radius 1 is 1.50 bits per heavy atom. The van der Waals surface area contributed by atoms with E-state index in [1.54, 1.807) is 27.7 Å². The zero-order chi connectivity index (χ0) is 11.7. The quantitative estimate of drug-likeness (QED) is 0.893. The monoisotopic (exact) mass is 282 g/mol. The topological polar surface area (TPSA) is 65.8 Å². The van der Waals surface area contributed by atoms with Crippen LogP contribution in [0, 0.1) is 0 Å². The lowest BCUT2D eigenvalue weighted by Gasteiger charge is -2.05. The number of nitrogens with zero attached hydrogens (tertiary/aromatic N) is 3. The molecule has 0 aromatic carbocycles. The Kier molecular flexibility index (Phi) is 2.82. The van der Waals surface area contributed by atoms with Gasteiger partial charge in [0, 0.05) is 30.7 Å². The summed E-state index contributed by atoms with van der Waals surface area (Å²) in [5.74, 6) is 0. The molecular weight excluding hydrogens is 272 g/mol. The van der Waals surface area contributed by atoms with Gasteiger partial charge in [-0.05, 0) is 22.0 Å². The Bertz CT molecular complexity index is 572. The number of aromatic nitrogens is 3. The SMILES string of the molecule is Cn1cc(Cn2cc(N)cc(Br)c2=O)cn1. The summed E-state index contributed by atoms with van der Waals surface area (Å²) in [6.45, 7) is 0.469. The van der Waals surface area contributed by atoms with Crippen LogP contribution in [0.2, 0.25) is 0 Å². The van der Waals surface area contributed by atoms with Crippen LogP contribution < -0.4 is 11.3 Å². The molecule has 84 valence electrons. The predicted octanol–water partition coefficient (Wildman–Crippen LogP) is 0.975. The minimum absolute atomic E-state index is 0.0990. The second kappa shape index (κ2) is 4.13. The molecule has 0 saturated carbocycles. The van der Waals surface area contributed by atoms with Crippen LogP contribution in [0.3, 0.4) is 0 Å². The number of halogens is 1. The van der Waals surface area contributed by atoms with Gasteiger partial charge in [-0.15, -0.1) is 0 Å². The first kappa shape index (κ1) is 10.9. The molecule has 2 rings (SSSR count). The lowest BCUT2D eigenvalue weighted by Crippen LogP contribution is -2.21. The summed E-state index contributed by atoms with van der Waals surface area (Å²) >= 11 is 3.18. The average molecular weight is 283 g/mol. The normalized spacial score (nSPS) is 10.6. The van der Waals surface area contributed by atoms with E-state index in [1.165, 1.54) is 0 Å². The minimum Gasteiger partial charge on any atom is -0.398 e. The zero-order valence-electron chi connectivity index (χ0n) is 8.72. The van der Waals surface area contributed by atoms with Crippen molar-refractivity contribution in [3.8, 4) is 0 Å². The zero-order valence-corrected chi connectivity index (χ0v) is 10.3. The first-order valence-electron chi connectivity index (χ1n) is 4.69. The van der Waals surface area contributed by atoms with Crippen molar-refractivity contribution in [3.63, 3.8) is 0 Å². The number of nitrogen functional groups attached to an aromatic ring is 1. The predicted molar refractivity (Wildman–Crippen MR) is 65.1 cm³/mol. The highest BCUT2D eigenvalue weighted by molar-refractivity contribution is 9.10. The molecule has 0 unspecified atom stereocenters. The molecule has 0 spiro atoms. The van der Waals surface area contributed by atoms with E-state index < -0.39 is 0 Å². The van der Waals surface area contributed by atoms with E-state index in [0.717, 1.165) is 5.56 Å². The van der Waals surface area contributed by atoms with Crippen molar-refractivity contribution in [2.24, 2.45) is 7.05 Å². The van der Waals surface area contributed by atoms with Crippen LogP contribution in [0.4, 0.5) is 5.69 Å². The second-order valence-corrected chi connectivity index (χ2v) is 4.43. The van der Waals surface area contributed by atoms with Crippen molar-refractivity contribution in [3.05, 3.63) is 45.0 Å². The van der Waals surface area contributed by atoms with Crippen molar-refractivity contribution in [2.45, 2.75) is 6.54 Å². The maximum atomic E-state index is 11.8. The molecule has 0 radical (unpaired) electrons. The molecule has 0 fully saturated rings. The Morgan fingerprint density at radius 3 is 2.88 bits per heavy atom. The number of nitrogens with two attached hydrogens (primary N) is 1. The van der Waals surface area contributed by atoms with Crippen LogP contribution in [0.5, 0.6) is 0 Å². The third-order valence-electron chi connectivity index (χ3n) is 2.17. The molecule has 6 heteroatoms. The van der Waals surface area contributed by atoms with Crippen LogP contribution in [0.15, 0.2) is 33.9 Å². The third-order valence-corrected chi connectivity index (χ3v) is 2.74. The van der Waals surface area contributed by atoms with Gasteiger partial charge < -0.3 is 10.3 Å². The van der Waals surface area contributed by atoms with E-state index in [9.17, 15) is 4.79 Å².